The van der Waals surface area contributed by atoms with E-state index in [1.807, 2.05) is 0 Å². The Morgan fingerprint density at radius 2 is 1.66 bits per heavy atom. The maximum atomic E-state index is 14.4. The van der Waals surface area contributed by atoms with Gasteiger partial charge in [0.15, 0.2) is 11.6 Å². The minimum Gasteiger partial charge on any atom is -0.494 e. The summed E-state index contributed by atoms with van der Waals surface area (Å²) >= 11 is 0. The molecule has 3 aromatic rings. The molecule has 0 fully saturated rings. The van der Waals surface area contributed by atoms with Crippen molar-refractivity contribution in [1.29, 1.82) is 0 Å². The van der Waals surface area contributed by atoms with E-state index in [4.69, 9.17) is 4.74 Å². The van der Waals surface area contributed by atoms with Crippen LogP contribution in [0.2, 0.25) is 0 Å². The lowest BCUT2D eigenvalue weighted by Gasteiger charge is -2.19. The third-order valence-corrected chi connectivity index (χ3v) is 3.92. The van der Waals surface area contributed by atoms with Crippen molar-refractivity contribution < 1.29 is 40.6 Å². The molecular weight excluding hydrogens is 402 g/mol. The molecule has 0 radical (unpaired) electrons. The van der Waals surface area contributed by atoms with Crippen molar-refractivity contribution in [2.75, 3.05) is 6.61 Å². The second-order valence-electron chi connectivity index (χ2n) is 5.83. The van der Waals surface area contributed by atoms with Gasteiger partial charge in [-0.15, -0.1) is 0 Å². The molecule has 0 atom stereocenters. The lowest BCUT2D eigenvalue weighted by atomic mass is 10.1. The number of fused-ring (bicyclic) bond motifs is 1. The quantitative estimate of drug-likeness (QED) is 0.427. The van der Waals surface area contributed by atoms with Gasteiger partial charge in [0, 0.05) is 11.5 Å². The molecule has 154 valence electrons. The van der Waals surface area contributed by atoms with Gasteiger partial charge in [-0.25, -0.2) is 8.78 Å². The van der Waals surface area contributed by atoms with Gasteiger partial charge in [-0.05, 0) is 48.7 Å². The summed E-state index contributed by atoms with van der Waals surface area (Å²) in [5, 5.41) is -0.0318. The second kappa shape index (κ2) is 8.10. The van der Waals surface area contributed by atoms with Crippen LogP contribution in [0.1, 0.15) is 12.5 Å². The first-order valence-electron chi connectivity index (χ1n) is 8.38. The van der Waals surface area contributed by atoms with Crippen LogP contribution in [0.3, 0.4) is 0 Å². The molecule has 0 unspecified atom stereocenters. The molecule has 0 N–H and O–H groups in total. The molecule has 0 saturated heterocycles. The van der Waals surface area contributed by atoms with Gasteiger partial charge in [0.1, 0.15) is 22.9 Å². The third kappa shape index (κ3) is 4.49. The van der Waals surface area contributed by atoms with Crippen molar-refractivity contribution in [2.45, 2.75) is 19.6 Å². The van der Waals surface area contributed by atoms with Crippen molar-refractivity contribution in [3.05, 3.63) is 65.7 Å². The molecule has 3 rings (SSSR count). The Labute approximate surface area is 161 Å². The van der Waals surface area contributed by atoms with Crippen molar-refractivity contribution in [3.8, 4) is 17.2 Å². The van der Waals surface area contributed by atoms with Crippen molar-refractivity contribution in [1.82, 2.24) is 0 Å². The Bertz CT molecular complexity index is 1020. The first-order valence-corrected chi connectivity index (χ1v) is 8.38. The zero-order valence-electron chi connectivity index (χ0n) is 14.9. The van der Waals surface area contributed by atoms with Gasteiger partial charge >= 0.3 is 12.7 Å². The number of hydrogen-bond acceptors (Lipinski definition) is 3. The van der Waals surface area contributed by atoms with Crippen LogP contribution in [0, 0.1) is 11.6 Å². The Balaban J connectivity index is 1.89. The van der Waals surface area contributed by atoms with E-state index in [0.717, 1.165) is 36.4 Å². The highest BCUT2D eigenvalue weighted by atomic mass is 19.3. The highest BCUT2D eigenvalue weighted by Gasteiger charge is 2.38. The highest BCUT2D eigenvalue weighted by molar-refractivity contribution is 5.86. The minimum absolute atomic E-state index is 0.0903. The zero-order chi connectivity index (χ0) is 21.2. The number of halogens is 6. The van der Waals surface area contributed by atoms with E-state index in [-0.39, 0.29) is 28.9 Å². The standard InChI is InChI=1S/C20H14F6O3/c1-2-27-12-5-7-15(16(21)10-12)20(25,26)29-13-4-6-14-11(9-13)3-8-17(18(14)22)28-19(23)24/h3-10,19H,2H2,1H3. The average molecular weight is 416 g/mol. The number of hydrogen-bond donors (Lipinski definition) is 0. The maximum Gasteiger partial charge on any atom is 0.429 e. The van der Waals surface area contributed by atoms with E-state index in [1.54, 1.807) is 6.92 Å². The largest absolute Gasteiger partial charge is 0.494 e. The molecule has 0 saturated carbocycles. The Kier molecular flexibility index (Phi) is 5.76. The van der Waals surface area contributed by atoms with Crippen LogP contribution in [0.25, 0.3) is 10.8 Å². The molecule has 3 nitrogen and oxygen atoms in total. The summed E-state index contributed by atoms with van der Waals surface area (Å²) in [5.74, 6) is -3.26. The molecule has 0 aromatic heterocycles. The van der Waals surface area contributed by atoms with Gasteiger partial charge in [0.05, 0.1) is 6.61 Å². The fourth-order valence-electron chi connectivity index (χ4n) is 2.69. The third-order valence-electron chi connectivity index (χ3n) is 3.92. The Morgan fingerprint density at radius 3 is 2.31 bits per heavy atom. The molecule has 0 bridgehead atoms. The predicted molar refractivity (Wildman–Crippen MR) is 92.6 cm³/mol. The Morgan fingerprint density at radius 1 is 0.931 bits per heavy atom. The highest BCUT2D eigenvalue weighted by Crippen LogP contribution is 2.36. The van der Waals surface area contributed by atoms with E-state index in [1.165, 1.54) is 12.1 Å². The van der Waals surface area contributed by atoms with E-state index >= 15 is 0 Å². The summed E-state index contributed by atoms with van der Waals surface area (Å²) in [6.07, 6.45) is -4.03. The van der Waals surface area contributed by atoms with Crippen LogP contribution >= 0.6 is 0 Å². The van der Waals surface area contributed by atoms with Crippen LogP contribution in [0.15, 0.2) is 48.5 Å². The molecule has 0 heterocycles. The summed E-state index contributed by atoms with van der Waals surface area (Å²) in [5.41, 5.74) is -1.01. The van der Waals surface area contributed by atoms with Gasteiger partial charge in [-0.2, -0.15) is 17.6 Å². The average Bonchev–Trinajstić information content (AvgIpc) is 2.63. The van der Waals surface area contributed by atoms with Crippen molar-refractivity contribution in [3.63, 3.8) is 0 Å². The Hall–Kier alpha value is -3.10. The monoisotopic (exact) mass is 416 g/mol. The minimum atomic E-state index is -4.03. The van der Waals surface area contributed by atoms with E-state index in [2.05, 4.69) is 9.47 Å². The fourth-order valence-corrected chi connectivity index (χ4v) is 2.69. The smallest absolute Gasteiger partial charge is 0.429 e. The van der Waals surface area contributed by atoms with Crippen molar-refractivity contribution in [2.24, 2.45) is 0 Å². The van der Waals surface area contributed by atoms with Gasteiger partial charge < -0.3 is 14.2 Å². The van der Waals surface area contributed by atoms with Gasteiger partial charge in [-0.3, -0.25) is 0 Å². The zero-order valence-corrected chi connectivity index (χ0v) is 14.9. The topological polar surface area (TPSA) is 27.7 Å². The molecule has 29 heavy (non-hydrogen) atoms. The van der Waals surface area contributed by atoms with Crippen LogP contribution in [0.4, 0.5) is 26.3 Å². The van der Waals surface area contributed by atoms with Gasteiger partial charge in [0.2, 0.25) is 0 Å². The maximum absolute atomic E-state index is 14.4. The molecule has 9 heteroatoms. The molecular formula is C20H14F6O3. The van der Waals surface area contributed by atoms with Crippen LogP contribution in [-0.4, -0.2) is 13.2 Å². The van der Waals surface area contributed by atoms with Gasteiger partial charge in [-0.1, -0.05) is 6.07 Å². The van der Waals surface area contributed by atoms with Crippen LogP contribution < -0.4 is 14.2 Å². The van der Waals surface area contributed by atoms with E-state index in [9.17, 15) is 26.3 Å². The molecule has 3 aromatic carbocycles. The number of rotatable bonds is 7. The number of benzene rings is 3. The number of ether oxygens (including phenoxy) is 3. The lowest BCUT2D eigenvalue weighted by molar-refractivity contribution is -0.187. The first-order chi connectivity index (χ1) is 13.7. The molecule has 0 aliphatic heterocycles. The molecule has 0 aliphatic carbocycles. The molecule has 0 spiro atoms. The van der Waals surface area contributed by atoms with E-state index in [0.29, 0.717) is 0 Å². The second-order valence-corrected chi connectivity index (χ2v) is 5.83. The molecule has 0 aliphatic rings. The first kappa shape index (κ1) is 20.6. The molecule has 0 amide bonds. The van der Waals surface area contributed by atoms with Crippen LogP contribution in [-0.2, 0) is 6.11 Å². The summed E-state index contributed by atoms with van der Waals surface area (Å²) in [6.45, 7) is -1.31. The summed E-state index contributed by atoms with van der Waals surface area (Å²) in [4.78, 5) is 0. The predicted octanol–water partition coefficient (Wildman–Crippen LogP) is 6.25. The lowest BCUT2D eigenvalue weighted by Crippen LogP contribution is -2.23. The number of alkyl halides is 4. The van der Waals surface area contributed by atoms with Gasteiger partial charge in [0.25, 0.3) is 0 Å². The van der Waals surface area contributed by atoms with E-state index < -0.39 is 35.7 Å². The summed E-state index contributed by atoms with van der Waals surface area (Å²) < 4.78 is 95.4. The normalized spacial score (nSPS) is 11.7. The van der Waals surface area contributed by atoms with Crippen LogP contribution in [0.5, 0.6) is 17.2 Å². The summed E-state index contributed by atoms with van der Waals surface area (Å²) in [7, 11) is 0. The van der Waals surface area contributed by atoms with Crippen molar-refractivity contribution >= 4 is 10.8 Å². The summed E-state index contributed by atoms with van der Waals surface area (Å²) in [6, 6.07) is 8.15. The fraction of sp³-hybridized carbons (Fsp3) is 0.200. The SMILES string of the molecule is CCOc1ccc(C(F)(F)Oc2ccc3c(F)c(OC(F)F)ccc3c2)c(F)c1.